The average molecular weight is 335 g/mol. The molecule has 0 saturated carbocycles. The number of guanidine groups is 1. The van der Waals surface area contributed by atoms with Gasteiger partial charge in [0.25, 0.3) is 5.56 Å². The molecule has 7 heteroatoms. The van der Waals surface area contributed by atoms with Crippen LogP contribution in [0.3, 0.4) is 0 Å². The molecule has 7 nitrogen and oxygen atoms in total. The third-order valence-corrected chi connectivity index (χ3v) is 3.92. The van der Waals surface area contributed by atoms with Crippen molar-refractivity contribution in [2.45, 2.75) is 20.0 Å². The van der Waals surface area contributed by atoms with Gasteiger partial charge in [0, 0.05) is 17.4 Å². The fourth-order valence-corrected chi connectivity index (χ4v) is 2.71. The first-order chi connectivity index (χ1) is 12.1. The number of furan rings is 1. The summed E-state index contributed by atoms with van der Waals surface area (Å²) in [5.41, 5.74) is 2.51. The Morgan fingerprint density at radius 3 is 2.72 bits per heavy atom. The fourth-order valence-electron chi connectivity index (χ4n) is 2.71. The molecular weight excluding hydrogens is 318 g/mol. The van der Waals surface area contributed by atoms with Crippen molar-refractivity contribution in [3.63, 3.8) is 0 Å². The lowest BCUT2D eigenvalue weighted by Gasteiger charge is -2.25. The van der Waals surface area contributed by atoms with E-state index >= 15 is 0 Å². The molecule has 2 N–H and O–H groups in total. The van der Waals surface area contributed by atoms with Gasteiger partial charge in [0.15, 0.2) is 6.17 Å². The maximum Gasteiger partial charge on any atom is 0.257 e. The summed E-state index contributed by atoms with van der Waals surface area (Å²) in [6.07, 6.45) is 0.950. The SMILES string of the molecule is Cc1ccc(NC2=NC(c3ccco3)n3c(nc(C)cc3=O)N2)cc1. The van der Waals surface area contributed by atoms with Crippen LogP contribution < -0.4 is 16.2 Å². The fraction of sp³-hybridized carbons (Fsp3) is 0.167. The van der Waals surface area contributed by atoms with Crippen LogP contribution in [0.2, 0.25) is 0 Å². The Balaban J connectivity index is 1.76. The summed E-state index contributed by atoms with van der Waals surface area (Å²) < 4.78 is 6.96. The molecule has 0 spiro atoms. The van der Waals surface area contributed by atoms with Gasteiger partial charge in [0.2, 0.25) is 11.9 Å². The summed E-state index contributed by atoms with van der Waals surface area (Å²) in [5, 5.41) is 6.30. The number of nitrogens with zero attached hydrogens (tertiary/aromatic N) is 3. The molecule has 1 unspecified atom stereocenters. The molecule has 0 saturated heterocycles. The highest BCUT2D eigenvalue weighted by atomic mass is 16.3. The minimum atomic E-state index is -0.611. The molecule has 1 aliphatic heterocycles. The number of rotatable bonds is 2. The lowest BCUT2D eigenvalue weighted by atomic mass is 10.2. The molecule has 0 radical (unpaired) electrons. The zero-order valence-electron chi connectivity index (χ0n) is 13.9. The van der Waals surface area contributed by atoms with E-state index in [0.717, 1.165) is 5.69 Å². The lowest BCUT2D eigenvalue weighted by Crippen LogP contribution is -2.37. The van der Waals surface area contributed by atoms with Gasteiger partial charge in [-0.25, -0.2) is 14.5 Å². The highest BCUT2D eigenvalue weighted by molar-refractivity contribution is 6.03. The average Bonchev–Trinajstić information content (AvgIpc) is 3.10. The molecular formula is C18H17N5O2. The summed E-state index contributed by atoms with van der Waals surface area (Å²) in [6, 6.07) is 13.0. The molecule has 2 aromatic heterocycles. The first-order valence-corrected chi connectivity index (χ1v) is 7.92. The van der Waals surface area contributed by atoms with Crippen molar-refractivity contribution in [3.05, 3.63) is 76.1 Å². The smallest absolute Gasteiger partial charge is 0.257 e. The Morgan fingerprint density at radius 1 is 1.20 bits per heavy atom. The van der Waals surface area contributed by atoms with E-state index in [0.29, 0.717) is 23.4 Å². The van der Waals surface area contributed by atoms with Crippen molar-refractivity contribution in [2.75, 3.05) is 10.6 Å². The maximum atomic E-state index is 12.4. The second-order valence-electron chi connectivity index (χ2n) is 5.91. The third kappa shape index (κ3) is 2.91. The van der Waals surface area contributed by atoms with Crippen LogP contribution in [-0.4, -0.2) is 15.5 Å². The van der Waals surface area contributed by atoms with Gasteiger partial charge in [-0.15, -0.1) is 0 Å². The van der Waals surface area contributed by atoms with Crippen LogP contribution >= 0.6 is 0 Å². The normalized spacial score (nSPS) is 15.9. The molecule has 0 aliphatic carbocycles. The Hall–Kier alpha value is -3.35. The monoisotopic (exact) mass is 335 g/mol. The molecule has 1 aromatic carbocycles. The number of aromatic nitrogens is 2. The zero-order chi connectivity index (χ0) is 17.4. The molecule has 126 valence electrons. The summed E-state index contributed by atoms with van der Waals surface area (Å²) >= 11 is 0. The number of hydrogen-bond acceptors (Lipinski definition) is 6. The van der Waals surface area contributed by atoms with E-state index < -0.39 is 6.17 Å². The highest BCUT2D eigenvalue weighted by Crippen LogP contribution is 2.26. The Morgan fingerprint density at radius 2 is 2.00 bits per heavy atom. The van der Waals surface area contributed by atoms with Gasteiger partial charge >= 0.3 is 0 Å². The summed E-state index contributed by atoms with van der Waals surface area (Å²) in [4.78, 5) is 21.5. The van der Waals surface area contributed by atoms with Crippen LogP contribution in [0, 0.1) is 13.8 Å². The number of fused-ring (bicyclic) bond motifs is 1. The molecule has 0 bridgehead atoms. The topological polar surface area (TPSA) is 84.5 Å². The third-order valence-electron chi connectivity index (χ3n) is 3.92. The first-order valence-electron chi connectivity index (χ1n) is 7.92. The standard InChI is InChI=1S/C18H17N5O2/c1-11-5-7-13(8-6-11)20-17-21-16(14-4-3-9-25-14)23-15(24)10-12(2)19-18(23)22-17/h3-10,16H,1-2H3,(H2,19,20,21,22). The van der Waals surface area contributed by atoms with Crippen LogP contribution in [0.25, 0.3) is 0 Å². The quantitative estimate of drug-likeness (QED) is 0.752. The van der Waals surface area contributed by atoms with Gasteiger partial charge < -0.3 is 9.73 Å². The minimum Gasteiger partial charge on any atom is -0.465 e. The molecule has 4 rings (SSSR count). The number of aryl methyl sites for hydroxylation is 2. The molecule has 1 atom stereocenters. The number of nitrogens with one attached hydrogen (secondary N) is 2. The van der Waals surface area contributed by atoms with E-state index in [1.807, 2.05) is 31.2 Å². The van der Waals surface area contributed by atoms with E-state index in [2.05, 4.69) is 20.6 Å². The second kappa shape index (κ2) is 5.94. The molecule has 0 fully saturated rings. The van der Waals surface area contributed by atoms with Gasteiger partial charge in [-0.2, -0.15) is 0 Å². The Bertz CT molecular complexity index is 987. The minimum absolute atomic E-state index is 0.186. The molecule has 1 aliphatic rings. The van der Waals surface area contributed by atoms with E-state index in [9.17, 15) is 4.79 Å². The van der Waals surface area contributed by atoms with E-state index in [4.69, 9.17) is 4.42 Å². The van der Waals surface area contributed by atoms with E-state index in [-0.39, 0.29) is 5.56 Å². The van der Waals surface area contributed by atoms with Gasteiger partial charge in [0.05, 0.1) is 6.26 Å². The van der Waals surface area contributed by atoms with Crippen molar-refractivity contribution < 1.29 is 4.42 Å². The van der Waals surface area contributed by atoms with Gasteiger partial charge in [0.1, 0.15) is 5.76 Å². The van der Waals surface area contributed by atoms with Crippen molar-refractivity contribution >= 4 is 17.6 Å². The van der Waals surface area contributed by atoms with Crippen molar-refractivity contribution in [2.24, 2.45) is 4.99 Å². The van der Waals surface area contributed by atoms with Crippen LogP contribution in [0.15, 0.2) is 62.9 Å². The van der Waals surface area contributed by atoms with Crippen LogP contribution in [-0.2, 0) is 0 Å². The first kappa shape index (κ1) is 15.2. The maximum absolute atomic E-state index is 12.4. The predicted molar refractivity (Wildman–Crippen MR) is 95.9 cm³/mol. The molecule has 25 heavy (non-hydrogen) atoms. The Labute approximate surface area is 144 Å². The van der Waals surface area contributed by atoms with Crippen LogP contribution in [0.5, 0.6) is 0 Å². The predicted octanol–water partition coefficient (Wildman–Crippen LogP) is 2.89. The molecule has 3 heterocycles. The highest BCUT2D eigenvalue weighted by Gasteiger charge is 2.26. The van der Waals surface area contributed by atoms with E-state index in [1.54, 1.807) is 25.3 Å². The molecule has 0 amide bonds. The van der Waals surface area contributed by atoms with E-state index in [1.165, 1.54) is 16.2 Å². The van der Waals surface area contributed by atoms with Crippen molar-refractivity contribution in [1.82, 2.24) is 9.55 Å². The number of hydrogen-bond donors (Lipinski definition) is 2. The number of aliphatic imine (C=N–C) groups is 1. The van der Waals surface area contributed by atoms with Gasteiger partial charge in [-0.05, 0) is 38.1 Å². The summed E-state index contributed by atoms with van der Waals surface area (Å²) in [6.45, 7) is 3.81. The molecule has 3 aromatic rings. The van der Waals surface area contributed by atoms with Gasteiger partial charge in [-0.1, -0.05) is 17.7 Å². The number of anilines is 2. The van der Waals surface area contributed by atoms with Crippen LogP contribution in [0.4, 0.5) is 11.6 Å². The zero-order valence-corrected chi connectivity index (χ0v) is 13.9. The summed E-state index contributed by atoms with van der Waals surface area (Å²) in [5.74, 6) is 1.50. The van der Waals surface area contributed by atoms with Crippen molar-refractivity contribution in [1.29, 1.82) is 0 Å². The second-order valence-corrected chi connectivity index (χ2v) is 5.91. The Kier molecular flexibility index (Phi) is 3.61. The number of benzene rings is 1. The van der Waals surface area contributed by atoms with Crippen LogP contribution in [0.1, 0.15) is 23.2 Å². The summed E-state index contributed by atoms with van der Waals surface area (Å²) in [7, 11) is 0. The largest absolute Gasteiger partial charge is 0.465 e. The lowest BCUT2D eigenvalue weighted by molar-refractivity contribution is 0.427. The van der Waals surface area contributed by atoms with Crippen molar-refractivity contribution in [3.8, 4) is 0 Å². The van der Waals surface area contributed by atoms with Gasteiger partial charge in [-0.3, -0.25) is 10.1 Å².